The smallest absolute Gasteiger partial charge is 0.264 e. The second-order valence-electron chi connectivity index (χ2n) is 4.57. The van der Waals surface area contributed by atoms with Gasteiger partial charge in [0.25, 0.3) is 5.91 Å². The van der Waals surface area contributed by atoms with Crippen molar-refractivity contribution in [2.75, 3.05) is 13.1 Å². The fourth-order valence-corrected chi connectivity index (χ4v) is 3.12. The van der Waals surface area contributed by atoms with E-state index in [1.54, 1.807) is 0 Å². The third kappa shape index (κ3) is 3.01. The van der Waals surface area contributed by atoms with Crippen molar-refractivity contribution < 1.29 is 14.4 Å². The summed E-state index contributed by atoms with van der Waals surface area (Å²) in [7, 11) is 0. The summed E-state index contributed by atoms with van der Waals surface area (Å²) in [4.78, 5) is 37.8. The Morgan fingerprint density at radius 3 is 2.58 bits per heavy atom. The van der Waals surface area contributed by atoms with Crippen LogP contribution in [-0.4, -0.2) is 35.7 Å². The Hall–Kier alpha value is -1.69. The number of rotatable bonds is 3. The standard InChI is InChI=1S/C13H16N2O3S/c1-3-4-9-5-10(19-8(9)2)13(18)15-6-11(16)14-12(17)7-15/h5H,3-4,6-7H2,1-2H3,(H,14,16,17). The van der Waals surface area contributed by atoms with E-state index in [0.717, 1.165) is 17.7 Å². The number of carbonyl (C=O) groups is 3. The molecule has 5 nitrogen and oxygen atoms in total. The van der Waals surface area contributed by atoms with Gasteiger partial charge < -0.3 is 4.90 Å². The van der Waals surface area contributed by atoms with Gasteiger partial charge in [-0.1, -0.05) is 13.3 Å². The summed E-state index contributed by atoms with van der Waals surface area (Å²) < 4.78 is 0. The number of piperazine rings is 1. The van der Waals surface area contributed by atoms with Crippen molar-refractivity contribution in [3.63, 3.8) is 0 Å². The fourth-order valence-electron chi connectivity index (χ4n) is 2.08. The van der Waals surface area contributed by atoms with Gasteiger partial charge in [-0.2, -0.15) is 0 Å². The predicted molar refractivity (Wildman–Crippen MR) is 72.1 cm³/mol. The van der Waals surface area contributed by atoms with Crippen LogP contribution < -0.4 is 5.32 Å². The summed E-state index contributed by atoms with van der Waals surface area (Å²) in [6, 6.07) is 1.88. The Kier molecular flexibility index (Phi) is 3.99. The minimum atomic E-state index is -0.424. The molecular weight excluding hydrogens is 264 g/mol. The first kappa shape index (κ1) is 13.7. The number of carbonyl (C=O) groups excluding carboxylic acids is 3. The molecule has 19 heavy (non-hydrogen) atoms. The minimum Gasteiger partial charge on any atom is -0.319 e. The van der Waals surface area contributed by atoms with E-state index in [-0.39, 0.29) is 19.0 Å². The first-order valence-electron chi connectivity index (χ1n) is 6.22. The maximum atomic E-state index is 12.3. The maximum Gasteiger partial charge on any atom is 0.264 e. The SMILES string of the molecule is CCCc1cc(C(=O)N2CC(=O)NC(=O)C2)sc1C. The third-order valence-corrected chi connectivity index (χ3v) is 4.07. The number of hydrogen-bond donors (Lipinski definition) is 1. The second kappa shape index (κ2) is 5.52. The molecular formula is C13H16N2O3S. The van der Waals surface area contributed by atoms with Crippen LogP contribution in [0.2, 0.25) is 0 Å². The summed E-state index contributed by atoms with van der Waals surface area (Å²) in [5.74, 6) is -1.09. The predicted octanol–water partition coefficient (Wildman–Crippen LogP) is 1.11. The minimum absolute atomic E-state index is 0.0510. The highest BCUT2D eigenvalue weighted by molar-refractivity contribution is 7.14. The van der Waals surface area contributed by atoms with E-state index >= 15 is 0 Å². The Morgan fingerprint density at radius 2 is 2.00 bits per heavy atom. The van der Waals surface area contributed by atoms with Crippen molar-refractivity contribution >= 4 is 29.1 Å². The van der Waals surface area contributed by atoms with E-state index < -0.39 is 11.8 Å². The zero-order valence-corrected chi connectivity index (χ0v) is 11.8. The van der Waals surface area contributed by atoms with Crippen molar-refractivity contribution in [2.24, 2.45) is 0 Å². The Labute approximate surface area is 115 Å². The first-order valence-corrected chi connectivity index (χ1v) is 7.04. The lowest BCUT2D eigenvalue weighted by Gasteiger charge is -2.24. The Bertz CT molecular complexity index is 520. The molecule has 0 aromatic carbocycles. The summed E-state index contributed by atoms with van der Waals surface area (Å²) in [6.07, 6.45) is 1.96. The number of amides is 3. The number of nitrogens with one attached hydrogen (secondary N) is 1. The molecule has 2 heterocycles. The molecule has 0 spiro atoms. The highest BCUT2D eigenvalue weighted by atomic mass is 32.1. The quantitative estimate of drug-likeness (QED) is 0.843. The van der Waals surface area contributed by atoms with Crippen molar-refractivity contribution in [2.45, 2.75) is 26.7 Å². The van der Waals surface area contributed by atoms with Gasteiger partial charge in [-0.25, -0.2) is 0 Å². The van der Waals surface area contributed by atoms with Gasteiger partial charge in [-0.3, -0.25) is 19.7 Å². The van der Waals surface area contributed by atoms with Gasteiger partial charge in [-0.05, 0) is 25.0 Å². The van der Waals surface area contributed by atoms with Crippen LogP contribution in [0.5, 0.6) is 0 Å². The number of hydrogen-bond acceptors (Lipinski definition) is 4. The second-order valence-corrected chi connectivity index (χ2v) is 5.83. The van der Waals surface area contributed by atoms with Gasteiger partial charge in [0.15, 0.2) is 0 Å². The van der Waals surface area contributed by atoms with Gasteiger partial charge in [0.1, 0.15) is 13.1 Å². The zero-order valence-electron chi connectivity index (χ0n) is 11.0. The topological polar surface area (TPSA) is 66.5 Å². The molecule has 0 saturated carbocycles. The summed E-state index contributed by atoms with van der Waals surface area (Å²) in [6.45, 7) is 3.97. The highest BCUT2D eigenvalue weighted by Crippen LogP contribution is 2.24. The van der Waals surface area contributed by atoms with Crippen LogP contribution in [0.3, 0.4) is 0 Å². The average Bonchev–Trinajstić information content (AvgIpc) is 2.69. The molecule has 1 aromatic rings. The summed E-state index contributed by atoms with van der Waals surface area (Å²) in [5.41, 5.74) is 1.17. The average molecular weight is 280 g/mol. The van der Waals surface area contributed by atoms with Crippen molar-refractivity contribution in [1.29, 1.82) is 0 Å². The number of nitrogens with zero attached hydrogens (tertiary/aromatic N) is 1. The number of aryl methyl sites for hydroxylation is 2. The van der Waals surface area contributed by atoms with E-state index in [1.807, 2.05) is 13.0 Å². The Balaban J connectivity index is 2.17. The van der Waals surface area contributed by atoms with E-state index in [1.165, 1.54) is 21.8 Å². The van der Waals surface area contributed by atoms with Gasteiger partial charge in [0.05, 0.1) is 4.88 Å². The molecule has 0 atom stereocenters. The first-order chi connectivity index (χ1) is 9.01. The lowest BCUT2D eigenvalue weighted by molar-refractivity contribution is -0.135. The van der Waals surface area contributed by atoms with Crippen molar-refractivity contribution in [3.05, 3.63) is 21.4 Å². The van der Waals surface area contributed by atoms with Crippen LogP contribution in [0.15, 0.2) is 6.07 Å². The van der Waals surface area contributed by atoms with Gasteiger partial charge in [-0.15, -0.1) is 11.3 Å². The molecule has 1 aliphatic rings. The normalized spacial score (nSPS) is 15.6. The molecule has 6 heteroatoms. The molecule has 2 rings (SSSR count). The maximum absolute atomic E-state index is 12.3. The fraction of sp³-hybridized carbons (Fsp3) is 0.462. The monoisotopic (exact) mass is 280 g/mol. The molecule has 0 bridgehead atoms. The van der Waals surface area contributed by atoms with Crippen LogP contribution in [0.25, 0.3) is 0 Å². The summed E-state index contributed by atoms with van der Waals surface area (Å²) in [5, 5.41) is 2.18. The lowest BCUT2D eigenvalue weighted by atomic mass is 10.1. The van der Waals surface area contributed by atoms with Gasteiger partial charge in [0, 0.05) is 4.88 Å². The highest BCUT2D eigenvalue weighted by Gasteiger charge is 2.28. The molecule has 1 fully saturated rings. The van der Waals surface area contributed by atoms with Crippen molar-refractivity contribution in [3.8, 4) is 0 Å². The lowest BCUT2D eigenvalue weighted by Crippen LogP contribution is -2.53. The Morgan fingerprint density at radius 1 is 1.37 bits per heavy atom. The zero-order chi connectivity index (χ0) is 14.0. The van der Waals surface area contributed by atoms with Crippen LogP contribution in [-0.2, 0) is 16.0 Å². The molecule has 0 radical (unpaired) electrons. The molecule has 102 valence electrons. The van der Waals surface area contributed by atoms with Crippen molar-refractivity contribution in [1.82, 2.24) is 10.2 Å². The van der Waals surface area contributed by atoms with Gasteiger partial charge >= 0.3 is 0 Å². The van der Waals surface area contributed by atoms with Crippen LogP contribution in [0.4, 0.5) is 0 Å². The van der Waals surface area contributed by atoms with Gasteiger partial charge in [0.2, 0.25) is 11.8 Å². The number of imide groups is 1. The van der Waals surface area contributed by atoms with Crippen LogP contribution >= 0.6 is 11.3 Å². The molecule has 1 N–H and O–H groups in total. The third-order valence-electron chi connectivity index (χ3n) is 2.99. The number of thiophene rings is 1. The van der Waals surface area contributed by atoms with Crippen LogP contribution in [0.1, 0.15) is 33.5 Å². The van der Waals surface area contributed by atoms with E-state index in [2.05, 4.69) is 12.2 Å². The molecule has 1 aromatic heterocycles. The van der Waals surface area contributed by atoms with Crippen LogP contribution in [0, 0.1) is 6.92 Å². The van der Waals surface area contributed by atoms with E-state index in [0.29, 0.717) is 4.88 Å². The molecule has 1 aliphatic heterocycles. The van der Waals surface area contributed by atoms with E-state index in [4.69, 9.17) is 0 Å². The largest absolute Gasteiger partial charge is 0.319 e. The molecule has 1 saturated heterocycles. The van der Waals surface area contributed by atoms with E-state index in [9.17, 15) is 14.4 Å². The molecule has 0 unspecified atom stereocenters. The molecule has 0 aliphatic carbocycles. The molecule has 3 amide bonds. The summed E-state index contributed by atoms with van der Waals surface area (Å²) >= 11 is 1.42.